The standard InChI is InChI=1S/C19H18N2O4S/c1-2-11-25-15-7-5-14(6-8-15)12-16-18(23)21(19(24)26-16)13-17(22)20-9-3-4-10-20/h1,5-8,12H,3-4,9-11,13H2/b16-12+. The van der Waals surface area contributed by atoms with Crippen molar-refractivity contribution in [2.45, 2.75) is 12.8 Å². The van der Waals surface area contributed by atoms with Gasteiger partial charge in [0.15, 0.2) is 0 Å². The van der Waals surface area contributed by atoms with Gasteiger partial charge in [0.05, 0.1) is 4.91 Å². The van der Waals surface area contributed by atoms with Gasteiger partial charge in [0.1, 0.15) is 18.9 Å². The van der Waals surface area contributed by atoms with Crippen LogP contribution in [0.1, 0.15) is 18.4 Å². The molecule has 0 N–H and O–H groups in total. The molecule has 7 heteroatoms. The highest BCUT2D eigenvalue weighted by molar-refractivity contribution is 8.18. The minimum Gasteiger partial charge on any atom is -0.481 e. The molecule has 0 atom stereocenters. The van der Waals surface area contributed by atoms with E-state index in [0.29, 0.717) is 23.7 Å². The third-order valence-corrected chi connectivity index (χ3v) is 5.03. The predicted octanol–water partition coefficient (Wildman–Crippen LogP) is 2.36. The molecule has 0 spiro atoms. The number of amides is 3. The van der Waals surface area contributed by atoms with Crippen molar-refractivity contribution in [2.24, 2.45) is 0 Å². The first-order valence-electron chi connectivity index (χ1n) is 8.28. The van der Waals surface area contributed by atoms with Crippen LogP contribution < -0.4 is 4.74 Å². The maximum absolute atomic E-state index is 12.5. The van der Waals surface area contributed by atoms with Crippen LogP contribution in [0.15, 0.2) is 29.2 Å². The van der Waals surface area contributed by atoms with Gasteiger partial charge in [-0.05, 0) is 48.4 Å². The monoisotopic (exact) mass is 370 g/mol. The Hall–Kier alpha value is -2.72. The Morgan fingerprint density at radius 3 is 2.58 bits per heavy atom. The van der Waals surface area contributed by atoms with E-state index in [9.17, 15) is 14.4 Å². The van der Waals surface area contributed by atoms with Gasteiger partial charge >= 0.3 is 0 Å². The number of rotatable bonds is 5. The van der Waals surface area contributed by atoms with E-state index >= 15 is 0 Å². The fourth-order valence-corrected chi connectivity index (χ4v) is 3.61. The van der Waals surface area contributed by atoms with Crippen LogP contribution in [0.4, 0.5) is 4.79 Å². The number of carbonyl (C=O) groups excluding carboxylic acids is 3. The molecular formula is C19H18N2O4S. The number of imide groups is 1. The van der Waals surface area contributed by atoms with E-state index in [1.807, 2.05) is 0 Å². The predicted molar refractivity (Wildman–Crippen MR) is 99.3 cm³/mol. The van der Waals surface area contributed by atoms with Crippen LogP contribution >= 0.6 is 11.8 Å². The van der Waals surface area contributed by atoms with Crippen LogP contribution in [-0.4, -0.2) is 53.1 Å². The second-order valence-electron chi connectivity index (χ2n) is 5.92. The van der Waals surface area contributed by atoms with Crippen molar-refractivity contribution >= 4 is 34.9 Å². The lowest BCUT2D eigenvalue weighted by atomic mass is 10.2. The Morgan fingerprint density at radius 1 is 1.23 bits per heavy atom. The molecule has 26 heavy (non-hydrogen) atoms. The average Bonchev–Trinajstić information content (AvgIpc) is 3.26. The minimum absolute atomic E-state index is 0.180. The molecule has 3 amide bonds. The fraction of sp³-hybridized carbons (Fsp3) is 0.316. The summed E-state index contributed by atoms with van der Waals surface area (Å²) < 4.78 is 5.29. The summed E-state index contributed by atoms with van der Waals surface area (Å²) in [6.45, 7) is 1.38. The van der Waals surface area contributed by atoms with E-state index < -0.39 is 11.1 Å². The van der Waals surface area contributed by atoms with Crippen LogP contribution in [0.2, 0.25) is 0 Å². The molecule has 0 saturated carbocycles. The quantitative estimate of drug-likeness (QED) is 0.588. The molecule has 2 aliphatic heterocycles. The third-order valence-electron chi connectivity index (χ3n) is 4.13. The summed E-state index contributed by atoms with van der Waals surface area (Å²) in [5.74, 6) is 2.40. The highest BCUT2D eigenvalue weighted by Gasteiger charge is 2.37. The maximum Gasteiger partial charge on any atom is 0.294 e. The second-order valence-corrected chi connectivity index (χ2v) is 6.91. The summed E-state index contributed by atoms with van der Waals surface area (Å²) in [7, 11) is 0. The van der Waals surface area contributed by atoms with E-state index in [4.69, 9.17) is 11.2 Å². The van der Waals surface area contributed by atoms with Crippen molar-refractivity contribution in [2.75, 3.05) is 26.2 Å². The third kappa shape index (κ3) is 4.09. The zero-order valence-electron chi connectivity index (χ0n) is 14.1. The van der Waals surface area contributed by atoms with Gasteiger partial charge in [0.2, 0.25) is 5.91 Å². The van der Waals surface area contributed by atoms with Crippen LogP contribution in [0.3, 0.4) is 0 Å². The number of hydrogen-bond acceptors (Lipinski definition) is 5. The number of carbonyl (C=O) groups is 3. The largest absolute Gasteiger partial charge is 0.481 e. The van der Waals surface area contributed by atoms with Gasteiger partial charge in [-0.15, -0.1) is 6.42 Å². The summed E-state index contributed by atoms with van der Waals surface area (Å²) in [4.78, 5) is 39.8. The van der Waals surface area contributed by atoms with E-state index in [2.05, 4.69) is 5.92 Å². The van der Waals surface area contributed by atoms with E-state index in [1.165, 1.54) is 0 Å². The Kier molecular flexibility index (Phi) is 5.64. The van der Waals surface area contributed by atoms with Crippen molar-refractivity contribution in [1.82, 2.24) is 9.80 Å². The molecule has 2 heterocycles. The van der Waals surface area contributed by atoms with Crippen molar-refractivity contribution in [3.8, 4) is 18.1 Å². The second kappa shape index (κ2) is 8.11. The number of terminal acetylenes is 1. The number of nitrogens with zero attached hydrogens (tertiary/aromatic N) is 2. The summed E-state index contributed by atoms with van der Waals surface area (Å²) >= 11 is 0.849. The average molecular weight is 370 g/mol. The van der Waals surface area contributed by atoms with Gasteiger partial charge in [0, 0.05) is 13.1 Å². The number of benzene rings is 1. The summed E-state index contributed by atoms with van der Waals surface area (Å²) in [6, 6.07) is 7.03. The van der Waals surface area contributed by atoms with Crippen molar-refractivity contribution < 1.29 is 19.1 Å². The smallest absolute Gasteiger partial charge is 0.294 e. The SMILES string of the molecule is C#CCOc1ccc(/C=C2/SC(=O)N(CC(=O)N3CCCC3)C2=O)cc1. The van der Waals surface area contributed by atoms with E-state index in [-0.39, 0.29) is 19.1 Å². The molecular weight excluding hydrogens is 352 g/mol. The molecule has 0 unspecified atom stereocenters. The minimum atomic E-state index is -0.430. The number of ether oxygens (including phenoxy) is 1. The van der Waals surface area contributed by atoms with Gasteiger partial charge in [0.25, 0.3) is 11.1 Å². The number of hydrogen-bond donors (Lipinski definition) is 0. The van der Waals surface area contributed by atoms with Crippen LogP contribution in [0.25, 0.3) is 6.08 Å². The molecule has 134 valence electrons. The molecule has 0 radical (unpaired) electrons. The van der Waals surface area contributed by atoms with Crippen LogP contribution in [-0.2, 0) is 9.59 Å². The first-order chi connectivity index (χ1) is 12.6. The molecule has 0 aromatic heterocycles. The lowest BCUT2D eigenvalue weighted by Gasteiger charge is -2.18. The van der Waals surface area contributed by atoms with Gasteiger partial charge in [-0.25, -0.2) is 0 Å². The Balaban J connectivity index is 1.66. The van der Waals surface area contributed by atoms with Gasteiger partial charge < -0.3 is 9.64 Å². The highest BCUT2D eigenvalue weighted by atomic mass is 32.2. The summed E-state index contributed by atoms with van der Waals surface area (Å²) in [5.41, 5.74) is 0.759. The van der Waals surface area contributed by atoms with Crippen molar-refractivity contribution in [1.29, 1.82) is 0 Å². The molecule has 6 nitrogen and oxygen atoms in total. The van der Waals surface area contributed by atoms with Gasteiger partial charge in [-0.3, -0.25) is 19.3 Å². The van der Waals surface area contributed by atoms with Crippen LogP contribution in [0.5, 0.6) is 5.75 Å². The maximum atomic E-state index is 12.5. The normalized spacial score (nSPS) is 18.5. The molecule has 2 saturated heterocycles. The van der Waals surface area contributed by atoms with Crippen molar-refractivity contribution in [3.05, 3.63) is 34.7 Å². The lowest BCUT2D eigenvalue weighted by molar-refractivity contribution is -0.135. The zero-order chi connectivity index (χ0) is 18.5. The molecule has 1 aromatic carbocycles. The van der Waals surface area contributed by atoms with E-state index in [1.54, 1.807) is 35.2 Å². The molecule has 1 aromatic rings. The van der Waals surface area contributed by atoms with E-state index in [0.717, 1.165) is 35.1 Å². The summed E-state index contributed by atoms with van der Waals surface area (Å²) in [6.07, 6.45) is 8.71. The molecule has 2 fully saturated rings. The van der Waals surface area contributed by atoms with Crippen LogP contribution in [0, 0.1) is 12.3 Å². The fourth-order valence-electron chi connectivity index (χ4n) is 2.77. The molecule has 0 bridgehead atoms. The first kappa shape index (κ1) is 18.1. The first-order valence-corrected chi connectivity index (χ1v) is 9.09. The topological polar surface area (TPSA) is 66.9 Å². The number of thioether (sulfide) groups is 1. The number of likely N-dealkylation sites (tertiary alicyclic amines) is 1. The zero-order valence-corrected chi connectivity index (χ0v) is 15.0. The molecule has 3 rings (SSSR count). The Labute approximate surface area is 156 Å². The lowest BCUT2D eigenvalue weighted by Crippen LogP contribution is -2.40. The Bertz CT molecular complexity index is 789. The van der Waals surface area contributed by atoms with Gasteiger partial charge in [-0.1, -0.05) is 18.1 Å². The molecule has 2 aliphatic rings. The summed E-state index contributed by atoms with van der Waals surface area (Å²) in [5, 5.41) is -0.414. The van der Waals surface area contributed by atoms with Crippen molar-refractivity contribution in [3.63, 3.8) is 0 Å². The van der Waals surface area contributed by atoms with Gasteiger partial charge in [-0.2, -0.15) is 0 Å². The molecule has 0 aliphatic carbocycles. The highest BCUT2D eigenvalue weighted by Crippen LogP contribution is 2.32. The Morgan fingerprint density at radius 2 is 1.92 bits per heavy atom.